The molecule has 6 heteroatoms. The van der Waals surface area contributed by atoms with Crippen molar-refractivity contribution in [2.75, 3.05) is 13.2 Å². The summed E-state index contributed by atoms with van der Waals surface area (Å²) in [5.74, 6) is -0.918. The van der Waals surface area contributed by atoms with E-state index in [-0.39, 0.29) is 31.1 Å². The van der Waals surface area contributed by atoms with E-state index < -0.39 is 6.10 Å². The van der Waals surface area contributed by atoms with Crippen LogP contribution < -0.4 is 0 Å². The third kappa shape index (κ3) is 52.1. The predicted molar refractivity (Wildman–Crippen MR) is 284 cm³/mol. The van der Waals surface area contributed by atoms with E-state index in [0.717, 1.165) is 109 Å². The van der Waals surface area contributed by atoms with Crippen LogP contribution in [0.1, 0.15) is 284 Å². The van der Waals surface area contributed by atoms with E-state index in [9.17, 15) is 14.4 Å². The van der Waals surface area contributed by atoms with Crippen LogP contribution in [0.2, 0.25) is 0 Å². The fourth-order valence-electron chi connectivity index (χ4n) is 7.98. The highest BCUT2D eigenvalue weighted by Gasteiger charge is 2.19. The number of carbonyl (C=O) groups excluding carboxylic acids is 3. The third-order valence-electron chi connectivity index (χ3n) is 12.2. The van der Waals surface area contributed by atoms with Gasteiger partial charge in [0.25, 0.3) is 0 Å². The molecule has 1 atom stereocenters. The summed E-state index contributed by atoms with van der Waals surface area (Å²) in [6.45, 7) is 6.51. The van der Waals surface area contributed by atoms with Gasteiger partial charge >= 0.3 is 17.9 Å². The average molecular weight is 924 g/mol. The zero-order valence-corrected chi connectivity index (χ0v) is 43.7. The van der Waals surface area contributed by atoms with Gasteiger partial charge in [0.2, 0.25) is 0 Å². The van der Waals surface area contributed by atoms with Crippen molar-refractivity contribution >= 4 is 17.9 Å². The first kappa shape index (κ1) is 63.1. The molecule has 0 aromatic rings. The van der Waals surface area contributed by atoms with E-state index in [0.29, 0.717) is 19.3 Å². The Hall–Kier alpha value is -2.89. The second-order valence-corrected chi connectivity index (χ2v) is 18.8. The Morgan fingerprint density at radius 1 is 0.318 bits per heavy atom. The fraction of sp³-hybridized carbons (Fsp3) is 0.783. The molecule has 0 aromatic carbocycles. The van der Waals surface area contributed by atoms with Crippen LogP contribution in [-0.4, -0.2) is 37.2 Å². The standard InChI is InChI=1S/C60H106O6/c1-4-7-10-13-16-19-22-25-28-30-31-33-35-38-41-44-47-50-53-59(62)65-56-57(55-64-58(61)52-49-46-43-40-37-34-27-24-21-18-15-12-9-6-3)66-60(63)54-51-48-45-42-39-36-32-29-26-23-20-17-14-11-8-5-2/h9,12,18,21,27,29,31-34,57H,4-8,10-11,13-17,19-20,22-26,28,30,35-56H2,1-3H3/b12-9-,21-18-,32-29-,33-31-,34-27-. The smallest absolute Gasteiger partial charge is 0.306 e. The van der Waals surface area contributed by atoms with Crippen LogP contribution in [0.5, 0.6) is 0 Å². The van der Waals surface area contributed by atoms with Crippen LogP contribution in [0, 0.1) is 0 Å². The van der Waals surface area contributed by atoms with E-state index in [1.54, 1.807) is 0 Å². The number of carbonyl (C=O) groups is 3. The maximum atomic E-state index is 12.8. The quantitative estimate of drug-likeness (QED) is 0.0262. The van der Waals surface area contributed by atoms with E-state index in [4.69, 9.17) is 14.2 Å². The largest absolute Gasteiger partial charge is 0.462 e. The molecule has 0 heterocycles. The zero-order chi connectivity index (χ0) is 47.9. The van der Waals surface area contributed by atoms with Gasteiger partial charge in [-0.05, 0) is 103 Å². The number of hydrogen-bond donors (Lipinski definition) is 0. The van der Waals surface area contributed by atoms with Crippen LogP contribution in [0.25, 0.3) is 0 Å². The molecule has 0 rings (SSSR count). The minimum absolute atomic E-state index is 0.0884. The Morgan fingerprint density at radius 2 is 0.591 bits per heavy atom. The number of unbranched alkanes of at least 4 members (excludes halogenated alkanes) is 30. The topological polar surface area (TPSA) is 78.9 Å². The predicted octanol–water partition coefficient (Wildman–Crippen LogP) is 18.8. The first-order valence-electron chi connectivity index (χ1n) is 28.3. The lowest BCUT2D eigenvalue weighted by molar-refractivity contribution is -0.167. The van der Waals surface area contributed by atoms with Crippen molar-refractivity contribution in [3.05, 3.63) is 60.8 Å². The van der Waals surface area contributed by atoms with Crippen LogP contribution in [0.4, 0.5) is 0 Å². The van der Waals surface area contributed by atoms with Gasteiger partial charge in [-0.2, -0.15) is 0 Å². The number of allylic oxidation sites excluding steroid dienone is 10. The number of esters is 3. The van der Waals surface area contributed by atoms with Gasteiger partial charge in [-0.1, -0.05) is 223 Å². The Balaban J connectivity index is 4.41. The van der Waals surface area contributed by atoms with Gasteiger partial charge < -0.3 is 14.2 Å². The first-order valence-corrected chi connectivity index (χ1v) is 28.3. The molecule has 0 aliphatic heterocycles. The molecule has 0 fully saturated rings. The molecule has 0 amide bonds. The minimum Gasteiger partial charge on any atom is -0.462 e. The van der Waals surface area contributed by atoms with E-state index in [2.05, 4.69) is 81.5 Å². The second kappa shape index (κ2) is 54.7. The molecular weight excluding hydrogens is 817 g/mol. The summed E-state index contributed by atoms with van der Waals surface area (Å²) >= 11 is 0. The molecule has 0 aliphatic rings. The number of rotatable bonds is 51. The van der Waals surface area contributed by atoms with Crippen LogP contribution in [0.3, 0.4) is 0 Å². The van der Waals surface area contributed by atoms with Gasteiger partial charge in [-0.25, -0.2) is 0 Å². The lowest BCUT2D eigenvalue weighted by Gasteiger charge is -2.18. The van der Waals surface area contributed by atoms with Gasteiger partial charge in [0.15, 0.2) is 6.10 Å². The number of hydrogen-bond acceptors (Lipinski definition) is 6. The Morgan fingerprint density at radius 3 is 0.939 bits per heavy atom. The highest BCUT2D eigenvalue weighted by molar-refractivity contribution is 5.71. The third-order valence-corrected chi connectivity index (χ3v) is 12.2. The molecule has 0 saturated carbocycles. The Labute approximate surface area is 409 Å². The highest BCUT2D eigenvalue weighted by Crippen LogP contribution is 2.15. The monoisotopic (exact) mass is 923 g/mol. The summed E-state index contributed by atoms with van der Waals surface area (Å²) in [6, 6.07) is 0. The molecule has 0 aromatic heterocycles. The second-order valence-electron chi connectivity index (χ2n) is 18.8. The molecule has 66 heavy (non-hydrogen) atoms. The van der Waals surface area contributed by atoms with Crippen molar-refractivity contribution in [2.24, 2.45) is 0 Å². The maximum Gasteiger partial charge on any atom is 0.306 e. The van der Waals surface area contributed by atoms with E-state index in [1.807, 2.05) is 0 Å². The molecule has 1 unspecified atom stereocenters. The van der Waals surface area contributed by atoms with Crippen molar-refractivity contribution in [1.82, 2.24) is 0 Å². The molecule has 0 N–H and O–H groups in total. The normalized spacial score (nSPS) is 12.5. The van der Waals surface area contributed by atoms with Crippen LogP contribution >= 0.6 is 0 Å². The van der Waals surface area contributed by atoms with E-state index in [1.165, 1.54) is 135 Å². The summed E-state index contributed by atoms with van der Waals surface area (Å²) in [7, 11) is 0. The van der Waals surface area contributed by atoms with Crippen molar-refractivity contribution in [3.63, 3.8) is 0 Å². The van der Waals surface area contributed by atoms with Crippen LogP contribution in [0.15, 0.2) is 60.8 Å². The van der Waals surface area contributed by atoms with Gasteiger partial charge in [0.05, 0.1) is 0 Å². The van der Waals surface area contributed by atoms with Crippen molar-refractivity contribution < 1.29 is 28.6 Å². The number of ether oxygens (including phenoxy) is 3. The van der Waals surface area contributed by atoms with Crippen LogP contribution in [-0.2, 0) is 28.6 Å². The lowest BCUT2D eigenvalue weighted by atomic mass is 10.1. The van der Waals surface area contributed by atoms with Gasteiger partial charge in [-0.3, -0.25) is 14.4 Å². The highest BCUT2D eigenvalue weighted by atomic mass is 16.6. The van der Waals surface area contributed by atoms with Gasteiger partial charge in [0, 0.05) is 19.3 Å². The first-order chi connectivity index (χ1) is 32.5. The molecule has 382 valence electrons. The molecule has 0 radical (unpaired) electrons. The van der Waals surface area contributed by atoms with Crippen molar-refractivity contribution in [2.45, 2.75) is 290 Å². The minimum atomic E-state index is -0.791. The van der Waals surface area contributed by atoms with E-state index >= 15 is 0 Å². The van der Waals surface area contributed by atoms with Gasteiger partial charge in [0.1, 0.15) is 13.2 Å². The summed E-state index contributed by atoms with van der Waals surface area (Å²) in [5, 5.41) is 0. The molecule has 0 aliphatic carbocycles. The van der Waals surface area contributed by atoms with Crippen molar-refractivity contribution in [1.29, 1.82) is 0 Å². The average Bonchev–Trinajstić information content (AvgIpc) is 3.31. The Bertz CT molecular complexity index is 1200. The molecule has 0 bridgehead atoms. The van der Waals surface area contributed by atoms with Gasteiger partial charge in [-0.15, -0.1) is 0 Å². The molecule has 6 nitrogen and oxygen atoms in total. The Kier molecular flexibility index (Phi) is 52.3. The fourth-order valence-corrected chi connectivity index (χ4v) is 7.98. The summed E-state index contributed by atoms with van der Waals surface area (Å²) in [6.07, 6.45) is 67.8. The lowest BCUT2D eigenvalue weighted by Crippen LogP contribution is -2.30. The summed E-state index contributed by atoms with van der Waals surface area (Å²) in [5.41, 5.74) is 0. The zero-order valence-electron chi connectivity index (χ0n) is 43.7. The summed E-state index contributed by atoms with van der Waals surface area (Å²) in [4.78, 5) is 38.1. The van der Waals surface area contributed by atoms with Crippen molar-refractivity contribution in [3.8, 4) is 0 Å². The molecular formula is C60H106O6. The maximum absolute atomic E-state index is 12.8. The SMILES string of the molecule is CC/C=C\C/C=C\C/C=C\CCCCCCC(=O)OCC(COC(=O)CCCCCCC/C=C\CCCCCCCCCCC)OC(=O)CCCCCCC/C=C\CCCCCCCCC. The molecule has 0 saturated heterocycles. The molecule has 0 spiro atoms. The summed E-state index contributed by atoms with van der Waals surface area (Å²) < 4.78 is 16.8.